The fourth-order valence-corrected chi connectivity index (χ4v) is 6.62. The molecule has 0 fully saturated rings. The number of halogens is 2. The van der Waals surface area contributed by atoms with E-state index in [1.807, 2.05) is 22.6 Å². The van der Waals surface area contributed by atoms with E-state index in [1.54, 1.807) is 50.3 Å². The second kappa shape index (κ2) is 9.43. The van der Waals surface area contributed by atoms with Gasteiger partial charge in [-0.15, -0.1) is 0 Å². The van der Waals surface area contributed by atoms with Gasteiger partial charge in [0.15, 0.2) is 16.3 Å². The molecule has 2 aliphatic rings. The minimum absolute atomic E-state index is 0.0790. The number of phenolic OH excluding ortho intramolecular Hbond substituents is 1. The number of hydrogen-bond donors (Lipinski definition) is 1. The maximum Gasteiger partial charge on any atom is 0.338 e. The normalized spacial score (nSPS) is 16.8. The Bertz CT molecular complexity index is 1590. The van der Waals surface area contributed by atoms with Gasteiger partial charge < -0.3 is 19.3 Å². The van der Waals surface area contributed by atoms with Crippen molar-refractivity contribution >= 4 is 61.9 Å². The first-order chi connectivity index (χ1) is 16.8. The summed E-state index contributed by atoms with van der Waals surface area (Å²) in [6.07, 6.45) is 1.63. The zero-order valence-electron chi connectivity index (χ0n) is 18.5. The lowest BCUT2D eigenvalue weighted by atomic mass is 9.95. The van der Waals surface area contributed by atoms with Crippen LogP contribution in [0.4, 0.5) is 0 Å². The molecule has 5 rings (SSSR count). The smallest absolute Gasteiger partial charge is 0.338 e. The van der Waals surface area contributed by atoms with E-state index in [0.717, 1.165) is 4.47 Å². The second-order valence-electron chi connectivity index (χ2n) is 7.74. The Morgan fingerprint density at radius 2 is 2.11 bits per heavy atom. The third-order valence-corrected chi connectivity index (χ3v) is 7.84. The van der Waals surface area contributed by atoms with Crippen LogP contribution in [-0.2, 0) is 9.53 Å². The summed E-state index contributed by atoms with van der Waals surface area (Å²) in [5, 5.41) is 10.5. The molecule has 0 saturated heterocycles. The van der Waals surface area contributed by atoms with Crippen LogP contribution in [0.3, 0.4) is 0 Å². The highest BCUT2D eigenvalue weighted by Gasteiger charge is 2.34. The van der Waals surface area contributed by atoms with Gasteiger partial charge in [0.25, 0.3) is 5.56 Å². The lowest BCUT2D eigenvalue weighted by Gasteiger charge is -2.24. The van der Waals surface area contributed by atoms with Crippen LogP contribution in [0.2, 0.25) is 0 Å². The molecule has 1 atom stereocenters. The average molecular weight is 669 g/mol. The van der Waals surface area contributed by atoms with Gasteiger partial charge in [0.05, 0.1) is 32.0 Å². The summed E-state index contributed by atoms with van der Waals surface area (Å²) < 4.78 is 19.6. The third kappa shape index (κ3) is 4.29. The molecule has 2 aromatic carbocycles. The Morgan fingerprint density at radius 3 is 2.89 bits per heavy atom. The van der Waals surface area contributed by atoms with Crippen LogP contribution in [-0.4, -0.2) is 29.0 Å². The topological polar surface area (TPSA) is 99.4 Å². The fraction of sp³-hybridized carbons (Fsp3) is 0.208. The van der Waals surface area contributed by atoms with Crippen LogP contribution in [0, 0.1) is 3.57 Å². The SMILES string of the molecule is CCOC(=O)C1=C(C)N=c2s/c(=C/c3cc(Br)cc(I)c3O)c(=O)n2[C@@H]1c1ccc2c(c1)OCO2. The van der Waals surface area contributed by atoms with Crippen molar-refractivity contribution in [2.75, 3.05) is 13.4 Å². The maximum absolute atomic E-state index is 13.7. The number of aromatic nitrogens is 1. The number of hydrogen-bond acceptors (Lipinski definition) is 8. The predicted octanol–water partition coefficient (Wildman–Crippen LogP) is 3.60. The highest BCUT2D eigenvalue weighted by atomic mass is 127. The highest BCUT2D eigenvalue weighted by molar-refractivity contribution is 14.1. The first-order valence-electron chi connectivity index (χ1n) is 10.6. The van der Waals surface area contributed by atoms with Crippen molar-refractivity contribution in [1.29, 1.82) is 0 Å². The van der Waals surface area contributed by atoms with E-state index in [0.29, 0.717) is 41.2 Å². The Hall–Kier alpha value is -2.64. The van der Waals surface area contributed by atoms with Crippen molar-refractivity contribution in [3.63, 3.8) is 0 Å². The van der Waals surface area contributed by atoms with Crippen molar-refractivity contribution < 1.29 is 24.1 Å². The van der Waals surface area contributed by atoms with Crippen LogP contribution < -0.4 is 24.4 Å². The Balaban J connectivity index is 1.75. The second-order valence-corrected chi connectivity index (χ2v) is 10.8. The molecule has 8 nitrogen and oxygen atoms in total. The molecule has 0 amide bonds. The molecule has 11 heteroatoms. The first kappa shape index (κ1) is 24.1. The molecule has 1 N–H and O–H groups in total. The summed E-state index contributed by atoms with van der Waals surface area (Å²) in [6.45, 7) is 3.75. The van der Waals surface area contributed by atoms with Crippen molar-refractivity contribution in [2.45, 2.75) is 19.9 Å². The number of esters is 1. The molecule has 35 heavy (non-hydrogen) atoms. The van der Waals surface area contributed by atoms with Crippen molar-refractivity contribution in [1.82, 2.24) is 4.57 Å². The monoisotopic (exact) mass is 668 g/mol. The molecule has 0 bridgehead atoms. The van der Waals surface area contributed by atoms with Crippen LogP contribution in [0.5, 0.6) is 17.2 Å². The molecule has 0 unspecified atom stereocenters. The van der Waals surface area contributed by atoms with Gasteiger partial charge >= 0.3 is 5.97 Å². The van der Waals surface area contributed by atoms with Gasteiger partial charge in [-0.1, -0.05) is 33.3 Å². The lowest BCUT2D eigenvalue weighted by molar-refractivity contribution is -0.139. The fourth-order valence-electron chi connectivity index (χ4n) is 4.03. The van der Waals surface area contributed by atoms with Crippen molar-refractivity contribution in [3.05, 3.63) is 80.5 Å². The number of aromatic hydroxyl groups is 1. The number of nitrogens with zero attached hydrogens (tertiary/aromatic N) is 2. The summed E-state index contributed by atoms with van der Waals surface area (Å²) in [5.74, 6) is 0.677. The van der Waals surface area contributed by atoms with Crippen molar-refractivity contribution in [2.24, 2.45) is 4.99 Å². The van der Waals surface area contributed by atoms with E-state index in [4.69, 9.17) is 14.2 Å². The number of rotatable bonds is 4. The van der Waals surface area contributed by atoms with Gasteiger partial charge in [0, 0.05) is 10.0 Å². The Kier molecular flexibility index (Phi) is 6.49. The number of allylic oxidation sites excluding steroid dienone is 1. The van der Waals surface area contributed by atoms with E-state index >= 15 is 0 Å². The van der Waals surface area contributed by atoms with Crippen LogP contribution >= 0.6 is 49.9 Å². The van der Waals surface area contributed by atoms with Gasteiger partial charge in [-0.2, -0.15) is 0 Å². The average Bonchev–Trinajstić information content (AvgIpc) is 3.40. The van der Waals surface area contributed by atoms with Crippen LogP contribution in [0.1, 0.15) is 31.0 Å². The van der Waals surface area contributed by atoms with Gasteiger partial charge in [-0.05, 0) is 72.3 Å². The van der Waals surface area contributed by atoms with Gasteiger partial charge in [0.2, 0.25) is 6.79 Å². The number of carbonyl (C=O) groups excluding carboxylic acids is 1. The molecule has 0 spiro atoms. The number of phenols is 1. The molecule has 1 aromatic heterocycles. The zero-order valence-corrected chi connectivity index (χ0v) is 23.1. The summed E-state index contributed by atoms with van der Waals surface area (Å²) in [6, 6.07) is 8.08. The van der Waals surface area contributed by atoms with E-state index in [-0.39, 0.29) is 30.3 Å². The number of benzene rings is 2. The minimum Gasteiger partial charge on any atom is -0.506 e. The first-order valence-corrected chi connectivity index (χ1v) is 13.2. The van der Waals surface area contributed by atoms with E-state index < -0.39 is 12.0 Å². The summed E-state index contributed by atoms with van der Waals surface area (Å²) in [7, 11) is 0. The number of ether oxygens (including phenoxy) is 3. The van der Waals surface area contributed by atoms with E-state index in [1.165, 1.54) is 15.9 Å². The molecule has 0 aliphatic carbocycles. The quantitative estimate of drug-likeness (QED) is 0.337. The van der Waals surface area contributed by atoms with Gasteiger partial charge in [-0.25, -0.2) is 9.79 Å². The third-order valence-electron chi connectivity index (χ3n) is 5.57. The Labute approximate surface area is 225 Å². The standard InChI is InChI=1S/C24H18BrIN2O6S/c1-3-32-23(31)19-11(2)27-24-28(20(19)12-4-5-16-17(7-12)34-10-33-16)22(30)18(35-24)8-13-6-14(25)9-15(26)21(13)29/h4-9,20,29H,3,10H2,1-2H3/b18-8+/t20-/m1/s1. The minimum atomic E-state index is -0.766. The van der Waals surface area contributed by atoms with Crippen LogP contribution in [0.15, 0.2) is 55.9 Å². The van der Waals surface area contributed by atoms with E-state index in [9.17, 15) is 14.7 Å². The number of carbonyl (C=O) groups is 1. The van der Waals surface area contributed by atoms with Crippen molar-refractivity contribution in [3.8, 4) is 17.2 Å². The largest absolute Gasteiger partial charge is 0.506 e. The molecule has 3 aromatic rings. The molecular formula is C24H18BrIN2O6S. The Morgan fingerprint density at radius 1 is 1.34 bits per heavy atom. The summed E-state index contributed by atoms with van der Waals surface area (Å²) in [4.78, 5) is 31.7. The zero-order chi connectivity index (χ0) is 24.9. The van der Waals surface area contributed by atoms with Gasteiger partial charge in [-0.3, -0.25) is 9.36 Å². The summed E-state index contributed by atoms with van der Waals surface area (Å²) in [5.41, 5.74) is 1.58. The van der Waals surface area contributed by atoms with E-state index in [2.05, 4.69) is 20.9 Å². The lowest BCUT2D eigenvalue weighted by Crippen LogP contribution is -2.39. The van der Waals surface area contributed by atoms with Crippen LogP contribution in [0.25, 0.3) is 6.08 Å². The maximum atomic E-state index is 13.7. The number of fused-ring (bicyclic) bond motifs is 2. The molecule has 3 heterocycles. The molecule has 0 saturated carbocycles. The summed E-state index contributed by atoms with van der Waals surface area (Å²) >= 11 is 6.65. The predicted molar refractivity (Wildman–Crippen MR) is 141 cm³/mol. The molecule has 180 valence electrons. The molecule has 2 aliphatic heterocycles. The number of thiazole rings is 1. The molecule has 0 radical (unpaired) electrons. The molecular weight excluding hydrogens is 651 g/mol. The highest BCUT2D eigenvalue weighted by Crippen LogP contribution is 2.38. The van der Waals surface area contributed by atoms with Gasteiger partial charge in [0.1, 0.15) is 5.75 Å².